The summed E-state index contributed by atoms with van der Waals surface area (Å²) in [6, 6.07) is 0. The second-order valence-corrected chi connectivity index (χ2v) is 5.82. The molecule has 14 nitrogen and oxygen atoms in total. The van der Waals surface area contributed by atoms with Crippen LogP contribution in [0.2, 0.25) is 0 Å². The first-order chi connectivity index (χ1) is 10.9. The Morgan fingerprint density at radius 2 is 1.79 bits per heavy atom. The second kappa shape index (κ2) is 7.87. The van der Waals surface area contributed by atoms with Gasteiger partial charge in [0.2, 0.25) is 5.95 Å². The molecule has 1 aromatic heterocycles. The first kappa shape index (κ1) is 20.3. The summed E-state index contributed by atoms with van der Waals surface area (Å²) in [4.78, 5) is 34.1. The van der Waals surface area contributed by atoms with Crippen LogP contribution < -0.4 is 22.3 Å². The number of aliphatic hydroxyl groups is 4. The highest BCUT2D eigenvalue weighted by Crippen LogP contribution is 2.37. The number of hydrogen-bond donors (Lipinski definition) is 10. The van der Waals surface area contributed by atoms with Crippen molar-refractivity contribution in [3.63, 3.8) is 0 Å². The number of rotatable bonds is 8. The molecule has 4 atom stereocenters. The van der Waals surface area contributed by atoms with Gasteiger partial charge < -0.3 is 47.0 Å². The summed E-state index contributed by atoms with van der Waals surface area (Å²) >= 11 is 0. The molecule has 1 aromatic rings. The molecule has 0 spiro atoms. The lowest BCUT2D eigenvalue weighted by Crippen LogP contribution is -2.47. The molecule has 15 heteroatoms. The lowest BCUT2D eigenvalue weighted by molar-refractivity contribution is -0.169. The SMILES string of the molecule is Nc1nc(NC[C@H](O)[C@H](O)[C@H](O)C(O)OP(=O)(O)O)c(N)c(=O)[nH]1. The molecular weight excluding hydrogens is 353 g/mol. The van der Waals surface area contributed by atoms with Gasteiger partial charge in [0.25, 0.3) is 5.56 Å². The van der Waals surface area contributed by atoms with Crippen LogP contribution in [0.5, 0.6) is 0 Å². The normalized spacial score (nSPS) is 17.1. The summed E-state index contributed by atoms with van der Waals surface area (Å²) in [5.74, 6) is -0.471. The number of nitrogens with zero attached hydrogens (tertiary/aromatic N) is 1. The van der Waals surface area contributed by atoms with E-state index in [2.05, 4.69) is 19.8 Å². The molecule has 0 aromatic carbocycles. The zero-order valence-corrected chi connectivity index (χ0v) is 12.9. The van der Waals surface area contributed by atoms with E-state index in [4.69, 9.17) is 21.3 Å². The minimum absolute atomic E-state index is 0.205. The van der Waals surface area contributed by atoms with Crippen LogP contribution in [0.1, 0.15) is 0 Å². The number of aromatic amines is 1. The van der Waals surface area contributed by atoms with Crippen LogP contribution in [-0.4, -0.2) is 71.3 Å². The Morgan fingerprint density at radius 3 is 2.33 bits per heavy atom. The molecule has 1 unspecified atom stereocenters. The summed E-state index contributed by atoms with van der Waals surface area (Å²) in [6.07, 6.45) is -8.55. The van der Waals surface area contributed by atoms with Gasteiger partial charge in [-0.3, -0.25) is 14.3 Å². The van der Waals surface area contributed by atoms with Crippen molar-refractivity contribution in [2.45, 2.75) is 24.6 Å². The zero-order chi connectivity index (χ0) is 18.7. The number of nitrogens with one attached hydrogen (secondary N) is 2. The summed E-state index contributed by atoms with van der Waals surface area (Å²) in [5, 5.41) is 40.4. The van der Waals surface area contributed by atoms with Gasteiger partial charge in [-0.25, -0.2) is 4.57 Å². The minimum Gasteiger partial charge on any atom is -0.391 e. The molecule has 0 saturated heterocycles. The summed E-state index contributed by atoms with van der Waals surface area (Å²) in [5.41, 5.74) is 9.63. The lowest BCUT2D eigenvalue weighted by atomic mass is 10.1. The van der Waals surface area contributed by atoms with Gasteiger partial charge in [0.15, 0.2) is 12.1 Å². The Bertz CT molecular complexity index is 663. The molecule has 0 aliphatic heterocycles. The van der Waals surface area contributed by atoms with E-state index < -0.39 is 44.5 Å². The Labute approximate surface area is 134 Å². The predicted molar refractivity (Wildman–Crippen MR) is 79.3 cm³/mol. The topological polar surface area (TPSA) is 258 Å². The number of phosphoric acid groups is 1. The van der Waals surface area contributed by atoms with E-state index in [0.29, 0.717) is 0 Å². The van der Waals surface area contributed by atoms with Crippen molar-refractivity contribution in [2.75, 3.05) is 23.3 Å². The van der Waals surface area contributed by atoms with Gasteiger partial charge >= 0.3 is 7.82 Å². The van der Waals surface area contributed by atoms with Gasteiger partial charge in [-0.05, 0) is 0 Å². The third-order valence-corrected chi connectivity index (χ3v) is 3.22. The highest BCUT2D eigenvalue weighted by atomic mass is 31.2. The molecule has 0 amide bonds. The number of nitrogen functional groups attached to an aromatic ring is 2. The molecule has 0 aliphatic rings. The summed E-state index contributed by atoms with van der Waals surface area (Å²) < 4.78 is 14.3. The van der Waals surface area contributed by atoms with Gasteiger partial charge in [-0.15, -0.1) is 0 Å². The summed E-state index contributed by atoms with van der Waals surface area (Å²) in [6.45, 7) is -0.513. The fourth-order valence-corrected chi connectivity index (χ4v) is 1.96. The molecule has 12 N–H and O–H groups in total. The number of hydrogen-bond acceptors (Lipinski definition) is 11. The number of anilines is 3. The highest BCUT2D eigenvalue weighted by molar-refractivity contribution is 7.46. The number of aromatic nitrogens is 2. The Kier molecular flexibility index (Phi) is 6.65. The fraction of sp³-hybridized carbons (Fsp3) is 0.556. The van der Waals surface area contributed by atoms with Crippen LogP contribution in [0.4, 0.5) is 17.5 Å². The molecule has 1 rings (SSSR count). The smallest absolute Gasteiger partial charge is 0.391 e. The monoisotopic (exact) mass is 371 g/mol. The second-order valence-electron chi connectivity index (χ2n) is 4.63. The van der Waals surface area contributed by atoms with E-state index in [1.54, 1.807) is 0 Å². The van der Waals surface area contributed by atoms with Crippen molar-refractivity contribution in [1.29, 1.82) is 0 Å². The van der Waals surface area contributed by atoms with E-state index in [-0.39, 0.29) is 17.5 Å². The zero-order valence-electron chi connectivity index (χ0n) is 12.0. The number of aliphatic hydroxyl groups excluding tert-OH is 4. The number of nitrogens with two attached hydrogens (primary N) is 2. The first-order valence-electron chi connectivity index (χ1n) is 6.27. The van der Waals surface area contributed by atoms with Crippen LogP contribution >= 0.6 is 7.82 Å². The maximum absolute atomic E-state index is 11.4. The van der Waals surface area contributed by atoms with Gasteiger partial charge in [-0.1, -0.05) is 0 Å². The largest absolute Gasteiger partial charge is 0.472 e. The molecule has 0 radical (unpaired) electrons. The van der Waals surface area contributed by atoms with Crippen LogP contribution in [0.3, 0.4) is 0 Å². The third kappa shape index (κ3) is 5.70. The number of phosphoric ester groups is 1. The van der Waals surface area contributed by atoms with E-state index in [1.165, 1.54) is 0 Å². The maximum Gasteiger partial charge on any atom is 0.472 e. The Balaban J connectivity index is 2.69. The minimum atomic E-state index is -5.12. The van der Waals surface area contributed by atoms with Crippen molar-refractivity contribution in [1.82, 2.24) is 9.97 Å². The maximum atomic E-state index is 11.4. The van der Waals surface area contributed by atoms with Crippen molar-refractivity contribution < 1.29 is 39.3 Å². The quantitative estimate of drug-likeness (QED) is 0.154. The van der Waals surface area contributed by atoms with Crippen molar-refractivity contribution in [3.8, 4) is 0 Å². The van der Waals surface area contributed by atoms with Crippen LogP contribution in [0.25, 0.3) is 0 Å². The van der Waals surface area contributed by atoms with E-state index >= 15 is 0 Å². The fourth-order valence-electron chi connectivity index (χ4n) is 1.56. The van der Waals surface area contributed by atoms with E-state index in [1.807, 2.05) is 0 Å². The molecule has 138 valence electrons. The van der Waals surface area contributed by atoms with E-state index in [0.717, 1.165) is 0 Å². The Morgan fingerprint density at radius 1 is 1.21 bits per heavy atom. The van der Waals surface area contributed by atoms with Crippen LogP contribution in [0, 0.1) is 0 Å². The third-order valence-electron chi connectivity index (χ3n) is 2.73. The predicted octanol–water partition coefficient (Wildman–Crippen LogP) is -4.14. The van der Waals surface area contributed by atoms with E-state index in [9.17, 15) is 29.8 Å². The van der Waals surface area contributed by atoms with Crippen LogP contribution in [0.15, 0.2) is 4.79 Å². The molecule has 0 aliphatic carbocycles. The average molecular weight is 371 g/mol. The lowest BCUT2D eigenvalue weighted by Gasteiger charge is -2.26. The van der Waals surface area contributed by atoms with Gasteiger partial charge in [-0.2, -0.15) is 4.98 Å². The summed E-state index contributed by atoms with van der Waals surface area (Å²) in [7, 11) is -5.12. The molecule has 0 bridgehead atoms. The van der Waals surface area contributed by atoms with Crippen molar-refractivity contribution in [3.05, 3.63) is 10.4 Å². The van der Waals surface area contributed by atoms with Gasteiger partial charge in [0, 0.05) is 6.54 Å². The average Bonchev–Trinajstić information content (AvgIpc) is 2.45. The standard InChI is InChI=1S/C9H18N5O9P/c10-3-6(13-9(11)14-7(3)18)12-1-2(15)4(16)5(17)8(19)23-24(20,21)22/h2,4-5,8,15-17,19H,1,10H2,(H2,20,21,22)(H4,11,12,13,14,18)/t2-,4-,5-,8?/m0/s1. The van der Waals surface area contributed by atoms with Crippen LogP contribution in [-0.2, 0) is 9.09 Å². The van der Waals surface area contributed by atoms with Crippen molar-refractivity contribution in [2.24, 2.45) is 0 Å². The first-order valence-corrected chi connectivity index (χ1v) is 7.80. The van der Waals surface area contributed by atoms with Gasteiger partial charge in [0.05, 0.1) is 6.10 Å². The molecule has 1 heterocycles. The molecular formula is C9H18N5O9P. The number of H-pyrrole nitrogens is 1. The van der Waals surface area contributed by atoms with Gasteiger partial charge in [0.1, 0.15) is 17.9 Å². The highest BCUT2D eigenvalue weighted by Gasteiger charge is 2.34. The Hall–Kier alpha value is -1.77. The molecule has 24 heavy (non-hydrogen) atoms. The molecule has 0 saturated carbocycles. The molecule has 0 fully saturated rings. The van der Waals surface area contributed by atoms with Crippen molar-refractivity contribution >= 4 is 25.3 Å².